The number of rotatable bonds is 6. The van der Waals surface area contributed by atoms with Crippen molar-refractivity contribution in [2.45, 2.75) is 48.6 Å². The fourth-order valence-corrected chi connectivity index (χ4v) is 5.62. The molecule has 21 heavy (non-hydrogen) atoms. The van der Waals surface area contributed by atoms with Crippen LogP contribution in [0.2, 0.25) is 0 Å². The van der Waals surface area contributed by atoms with Crippen molar-refractivity contribution in [3.05, 3.63) is 24.3 Å². The summed E-state index contributed by atoms with van der Waals surface area (Å²) in [5.74, 6) is 0. The molecule has 0 unspecified atom stereocenters. The number of fused-ring (bicyclic) bond motifs is 1. The van der Waals surface area contributed by atoms with Gasteiger partial charge in [0.1, 0.15) is 0 Å². The maximum Gasteiger partial charge on any atom is 0.194 e. The predicted octanol–water partition coefficient (Wildman–Crippen LogP) is 5.74. The molecule has 0 saturated carbocycles. The Bertz CT molecular complexity index is 646. The summed E-state index contributed by atoms with van der Waals surface area (Å²) in [5.41, 5.74) is 0. The minimum Gasteiger partial charge on any atom is -0.287 e. The van der Waals surface area contributed by atoms with Crippen LogP contribution in [-0.2, 0) is 9.59 Å². The first kappa shape index (κ1) is 16.6. The Kier molecular flexibility index (Phi) is 6.33. The zero-order chi connectivity index (χ0) is 15.2. The van der Waals surface area contributed by atoms with E-state index in [0.717, 1.165) is 32.0 Å². The molecule has 1 aromatic carbocycles. The Morgan fingerprint density at radius 2 is 1.62 bits per heavy atom. The van der Waals surface area contributed by atoms with Crippen molar-refractivity contribution in [1.29, 1.82) is 0 Å². The fourth-order valence-electron chi connectivity index (χ4n) is 1.89. The monoisotopic (exact) mass is 338 g/mol. The van der Waals surface area contributed by atoms with Gasteiger partial charge in [-0.15, -0.1) is 11.3 Å². The van der Waals surface area contributed by atoms with E-state index in [1.807, 2.05) is 38.1 Å². The third-order valence-electron chi connectivity index (χ3n) is 2.85. The lowest BCUT2D eigenvalue weighted by Gasteiger charge is -2.02. The molecule has 0 aliphatic carbocycles. The molecule has 0 bridgehead atoms. The van der Waals surface area contributed by atoms with Crippen LogP contribution in [-0.4, -0.2) is 10.2 Å². The molecule has 0 radical (unpaired) electrons. The fraction of sp³-hybridized carbons (Fsp3) is 0.375. The van der Waals surface area contributed by atoms with E-state index in [-0.39, 0.29) is 10.2 Å². The van der Waals surface area contributed by atoms with Gasteiger partial charge in [-0.25, -0.2) is 0 Å². The SMILES string of the molecule is CCCC(=O)Sc1sc2ccccc2c1SC(=O)CCC. The highest BCUT2D eigenvalue weighted by atomic mass is 32.2. The van der Waals surface area contributed by atoms with Crippen molar-refractivity contribution in [2.75, 3.05) is 0 Å². The summed E-state index contributed by atoms with van der Waals surface area (Å²) < 4.78 is 2.10. The van der Waals surface area contributed by atoms with Crippen LogP contribution in [0.15, 0.2) is 33.4 Å². The molecule has 0 saturated heterocycles. The second kappa shape index (κ2) is 8.01. The lowest BCUT2D eigenvalue weighted by atomic mass is 10.3. The van der Waals surface area contributed by atoms with Crippen molar-refractivity contribution in [3.63, 3.8) is 0 Å². The van der Waals surface area contributed by atoms with Gasteiger partial charge >= 0.3 is 0 Å². The molecule has 112 valence electrons. The van der Waals surface area contributed by atoms with Crippen LogP contribution in [0.1, 0.15) is 39.5 Å². The van der Waals surface area contributed by atoms with Gasteiger partial charge in [-0.05, 0) is 42.4 Å². The molecule has 0 fully saturated rings. The first-order valence-corrected chi connectivity index (χ1v) is 9.53. The first-order chi connectivity index (χ1) is 10.2. The zero-order valence-electron chi connectivity index (χ0n) is 12.2. The van der Waals surface area contributed by atoms with E-state index in [9.17, 15) is 9.59 Å². The Morgan fingerprint density at radius 1 is 1.00 bits per heavy atom. The number of carbonyl (C=O) groups excluding carboxylic acids is 2. The molecular formula is C16H18O2S3. The highest BCUT2D eigenvalue weighted by Crippen LogP contribution is 2.44. The van der Waals surface area contributed by atoms with Gasteiger partial charge in [-0.3, -0.25) is 9.59 Å². The number of thioether (sulfide) groups is 2. The average molecular weight is 339 g/mol. The van der Waals surface area contributed by atoms with Crippen LogP contribution in [0.5, 0.6) is 0 Å². The Hall–Kier alpha value is -0.780. The van der Waals surface area contributed by atoms with Crippen molar-refractivity contribution < 1.29 is 9.59 Å². The number of thiophene rings is 1. The molecule has 5 heteroatoms. The van der Waals surface area contributed by atoms with E-state index in [4.69, 9.17) is 0 Å². The summed E-state index contributed by atoms with van der Waals surface area (Å²) >= 11 is 4.18. The molecule has 1 heterocycles. The van der Waals surface area contributed by atoms with E-state index >= 15 is 0 Å². The normalized spacial score (nSPS) is 11.0. The molecule has 0 spiro atoms. The largest absolute Gasteiger partial charge is 0.287 e. The number of hydrogen-bond acceptors (Lipinski definition) is 5. The second-order valence-corrected chi connectivity index (χ2v) is 8.11. The molecule has 0 aliphatic rings. The quantitative estimate of drug-likeness (QED) is 0.629. The van der Waals surface area contributed by atoms with E-state index in [2.05, 4.69) is 0 Å². The zero-order valence-corrected chi connectivity index (χ0v) is 14.6. The van der Waals surface area contributed by atoms with Crippen LogP contribution in [0.4, 0.5) is 0 Å². The lowest BCUT2D eigenvalue weighted by Crippen LogP contribution is -1.92. The van der Waals surface area contributed by atoms with Gasteiger partial charge in [0.2, 0.25) is 0 Å². The van der Waals surface area contributed by atoms with E-state index in [1.54, 1.807) is 11.3 Å². The minimum atomic E-state index is 0.172. The highest BCUT2D eigenvalue weighted by Gasteiger charge is 2.18. The van der Waals surface area contributed by atoms with Gasteiger partial charge < -0.3 is 0 Å². The molecule has 1 aromatic heterocycles. The molecule has 0 atom stereocenters. The summed E-state index contributed by atoms with van der Waals surface area (Å²) in [7, 11) is 0. The van der Waals surface area contributed by atoms with Gasteiger partial charge in [0.15, 0.2) is 10.2 Å². The molecular weight excluding hydrogens is 320 g/mol. The predicted molar refractivity (Wildman–Crippen MR) is 93.4 cm³/mol. The lowest BCUT2D eigenvalue weighted by molar-refractivity contribution is -0.111. The van der Waals surface area contributed by atoms with Crippen molar-refractivity contribution in [1.82, 2.24) is 0 Å². The van der Waals surface area contributed by atoms with Crippen LogP contribution in [0, 0.1) is 0 Å². The van der Waals surface area contributed by atoms with Crippen molar-refractivity contribution in [2.24, 2.45) is 0 Å². The molecule has 2 aromatic rings. The second-order valence-electron chi connectivity index (χ2n) is 4.66. The summed E-state index contributed by atoms with van der Waals surface area (Å²) in [6.45, 7) is 4.01. The maximum absolute atomic E-state index is 12.0. The van der Waals surface area contributed by atoms with Crippen LogP contribution in [0.25, 0.3) is 10.1 Å². The summed E-state index contributed by atoms with van der Waals surface area (Å²) in [6, 6.07) is 8.04. The Morgan fingerprint density at radius 3 is 2.29 bits per heavy atom. The third-order valence-corrected chi connectivity index (χ3v) is 6.46. The third kappa shape index (κ3) is 4.34. The molecule has 2 nitrogen and oxygen atoms in total. The van der Waals surface area contributed by atoms with Gasteiger partial charge in [0.25, 0.3) is 0 Å². The maximum atomic E-state index is 12.0. The number of benzene rings is 1. The summed E-state index contributed by atoms with van der Waals surface area (Å²) in [4.78, 5) is 24.9. The Balaban J connectivity index is 2.33. The molecule has 0 N–H and O–H groups in total. The summed E-state index contributed by atoms with van der Waals surface area (Å²) in [5, 5.41) is 1.43. The van der Waals surface area contributed by atoms with Gasteiger partial charge in [-0.1, -0.05) is 32.0 Å². The average Bonchev–Trinajstić information content (AvgIpc) is 2.77. The highest BCUT2D eigenvalue weighted by molar-refractivity contribution is 8.17. The topological polar surface area (TPSA) is 34.1 Å². The van der Waals surface area contributed by atoms with Gasteiger partial charge in [0, 0.05) is 27.8 Å². The molecule has 0 aliphatic heterocycles. The van der Waals surface area contributed by atoms with Crippen molar-refractivity contribution >= 4 is 55.2 Å². The Labute approximate surface area is 137 Å². The van der Waals surface area contributed by atoms with E-state index in [1.165, 1.54) is 23.5 Å². The minimum absolute atomic E-state index is 0.172. The van der Waals surface area contributed by atoms with Crippen LogP contribution >= 0.6 is 34.9 Å². The van der Waals surface area contributed by atoms with Gasteiger partial charge in [-0.2, -0.15) is 0 Å². The first-order valence-electron chi connectivity index (χ1n) is 7.08. The smallest absolute Gasteiger partial charge is 0.194 e. The number of carbonyl (C=O) groups is 2. The van der Waals surface area contributed by atoms with Crippen LogP contribution in [0.3, 0.4) is 0 Å². The summed E-state index contributed by atoms with van der Waals surface area (Å²) in [6.07, 6.45) is 2.85. The van der Waals surface area contributed by atoms with E-state index < -0.39 is 0 Å². The van der Waals surface area contributed by atoms with Crippen LogP contribution < -0.4 is 0 Å². The standard InChI is InChI=1S/C16H18O2S3/c1-3-7-13(17)20-15-11-9-5-6-10-12(11)19-16(15)21-14(18)8-4-2/h5-6,9-10H,3-4,7-8H2,1-2H3. The van der Waals surface area contributed by atoms with E-state index in [0.29, 0.717) is 12.8 Å². The van der Waals surface area contributed by atoms with Gasteiger partial charge in [0.05, 0.1) is 4.21 Å². The molecule has 0 amide bonds. The molecule has 2 rings (SSSR count). The number of hydrogen-bond donors (Lipinski definition) is 0. The van der Waals surface area contributed by atoms with Crippen molar-refractivity contribution in [3.8, 4) is 0 Å².